The van der Waals surface area contributed by atoms with Crippen LogP contribution in [0.5, 0.6) is 0 Å². The fourth-order valence-electron chi connectivity index (χ4n) is 9.60. The summed E-state index contributed by atoms with van der Waals surface area (Å²) in [5.41, 5.74) is 3.93. The fraction of sp³-hybridized carbons (Fsp3) is 0.871. The summed E-state index contributed by atoms with van der Waals surface area (Å²) in [7, 11) is 1.42. The van der Waals surface area contributed by atoms with E-state index >= 15 is 0 Å². The van der Waals surface area contributed by atoms with E-state index in [0.717, 1.165) is 37.0 Å². The lowest BCUT2D eigenvalue weighted by Gasteiger charge is -2.59. The Bertz CT molecular complexity index is 855. The third-order valence-corrected chi connectivity index (χ3v) is 11.8. The van der Waals surface area contributed by atoms with E-state index < -0.39 is 5.92 Å². The van der Waals surface area contributed by atoms with Crippen molar-refractivity contribution in [1.82, 2.24) is 0 Å². The summed E-state index contributed by atoms with van der Waals surface area (Å²) in [5.74, 6) is 1.89. The molecule has 3 nitrogen and oxygen atoms in total. The number of hydrogen-bond donors (Lipinski definition) is 0. The second-order valence-corrected chi connectivity index (χ2v) is 13.7. The van der Waals surface area contributed by atoms with Gasteiger partial charge in [0.25, 0.3) is 0 Å². The Kier molecular flexibility index (Phi) is 6.93. The molecule has 0 bridgehead atoms. The monoisotopic (exact) mass is 470 g/mol. The second kappa shape index (κ2) is 9.07. The predicted molar refractivity (Wildman–Crippen MR) is 138 cm³/mol. The van der Waals surface area contributed by atoms with Gasteiger partial charge in [-0.25, -0.2) is 0 Å². The molecule has 0 aliphatic heterocycles. The maximum absolute atomic E-state index is 13.1. The van der Waals surface area contributed by atoms with Crippen LogP contribution in [0.4, 0.5) is 0 Å². The average Bonchev–Trinajstić information content (AvgIpc) is 3.07. The van der Waals surface area contributed by atoms with E-state index in [4.69, 9.17) is 4.74 Å². The molecule has 2 saturated carbocycles. The summed E-state index contributed by atoms with van der Waals surface area (Å²) in [4.78, 5) is 25.7. The van der Waals surface area contributed by atoms with Gasteiger partial charge in [0.1, 0.15) is 11.7 Å². The van der Waals surface area contributed by atoms with Gasteiger partial charge in [0.05, 0.1) is 7.11 Å². The standard InChI is InChI=1S/C31H50O3/c1-19(2)10-9-11-20(3)23-14-16-31(7)26-13-12-24-21(4)27(32)22(28(33)34-8)18-29(24,5)25(26)15-17-30(23,31)6/h19-24H,9-18H2,1-8H3. The lowest BCUT2D eigenvalue weighted by molar-refractivity contribution is -0.157. The fourth-order valence-corrected chi connectivity index (χ4v) is 9.60. The Labute approximate surface area is 208 Å². The molecule has 0 spiro atoms. The van der Waals surface area contributed by atoms with Crippen LogP contribution in [0, 0.1) is 51.8 Å². The van der Waals surface area contributed by atoms with Gasteiger partial charge in [-0.1, -0.05) is 78.9 Å². The molecule has 34 heavy (non-hydrogen) atoms. The van der Waals surface area contributed by atoms with Crippen molar-refractivity contribution in [2.75, 3.05) is 7.11 Å². The van der Waals surface area contributed by atoms with E-state index in [9.17, 15) is 9.59 Å². The van der Waals surface area contributed by atoms with Crippen molar-refractivity contribution in [2.24, 2.45) is 51.8 Å². The molecule has 0 heterocycles. The van der Waals surface area contributed by atoms with Crippen LogP contribution in [0.15, 0.2) is 11.1 Å². The van der Waals surface area contributed by atoms with Crippen LogP contribution < -0.4 is 0 Å². The smallest absolute Gasteiger partial charge is 0.316 e. The van der Waals surface area contributed by atoms with E-state index in [1.54, 1.807) is 11.1 Å². The van der Waals surface area contributed by atoms with Gasteiger partial charge in [0.15, 0.2) is 0 Å². The third kappa shape index (κ3) is 3.74. The highest BCUT2D eigenvalue weighted by Gasteiger charge is 2.63. The molecule has 0 aromatic heterocycles. The van der Waals surface area contributed by atoms with Crippen molar-refractivity contribution < 1.29 is 14.3 Å². The summed E-state index contributed by atoms with van der Waals surface area (Å²) in [5, 5.41) is 0. The van der Waals surface area contributed by atoms with Crippen LogP contribution in [0.2, 0.25) is 0 Å². The van der Waals surface area contributed by atoms with Gasteiger partial charge in [-0.2, -0.15) is 0 Å². The Hall–Kier alpha value is -1.12. The maximum atomic E-state index is 13.1. The minimum Gasteiger partial charge on any atom is -0.468 e. The summed E-state index contributed by atoms with van der Waals surface area (Å²) in [6, 6.07) is 0. The average molecular weight is 471 g/mol. The number of carbonyl (C=O) groups is 2. The zero-order chi connectivity index (χ0) is 25.1. The lowest BCUT2D eigenvalue weighted by atomic mass is 9.44. The molecule has 2 fully saturated rings. The summed E-state index contributed by atoms with van der Waals surface area (Å²) in [6.45, 7) is 16.9. The highest BCUT2D eigenvalue weighted by atomic mass is 16.5. The van der Waals surface area contributed by atoms with Gasteiger partial charge in [0, 0.05) is 5.92 Å². The zero-order valence-corrected chi connectivity index (χ0v) is 23.3. The molecule has 192 valence electrons. The van der Waals surface area contributed by atoms with Gasteiger partial charge in [0.2, 0.25) is 0 Å². The van der Waals surface area contributed by atoms with Crippen LogP contribution in [-0.2, 0) is 14.3 Å². The molecule has 0 N–H and O–H groups in total. The first-order valence-electron chi connectivity index (χ1n) is 14.2. The molecule has 0 radical (unpaired) electrons. The first-order valence-corrected chi connectivity index (χ1v) is 14.2. The van der Waals surface area contributed by atoms with Gasteiger partial charge in [-0.05, 0) is 84.9 Å². The summed E-state index contributed by atoms with van der Waals surface area (Å²) >= 11 is 0. The number of esters is 1. The van der Waals surface area contributed by atoms with Crippen LogP contribution in [-0.4, -0.2) is 18.9 Å². The van der Waals surface area contributed by atoms with Crippen LogP contribution in [0.3, 0.4) is 0 Å². The molecule has 0 aromatic carbocycles. The largest absolute Gasteiger partial charge is 0.468 e. The Morgan fingerprint density at radius 3 is 2.38 bits per heavy atom. The number of allylic oxidation sites excluding steroid dienone is 2. The predicted octanol–water partition coefficient (Wildman–Crippen LogP) is 7.78. The van der Waals surface area contributed by atoms with Crippen LogP contribution in [0.1, 0.15) is 113 Å². The quantitative estimate of drug-likeness (QED) is 0.226. The first-order chi connectivity index (χ1) is 15.9. The third-order valence-electron chi connectivity index (χ3n) is 11.8. The van der Waals surface area contributed by atoms with Crippen molar-refractivity contribution in [2.45, 2.75) is 113 Å². The molecule has 0 amide bonds. The number of ketones is 1. The molecule has 4 aliphatic rings. The van der Waals surface area contributed by atoms with Gasteiger partial charge in [-0.15, -0.1) is 0 Å². The van der Waals surface area contributed by atoms with Crippen molar-refractivity contribution in [3.63, 3.8) is 0 Å². The number of carbonyl (C=O) groups excluding carboxylic acids is 2. The number of ether oxygens (including phenoxy) is 1. The van der Waals surface area contributed by atoms with Crippen molar-refractivity contribution in [1.29, 1.82) is 0 Å². The summed E-state index contributed by atoms with van der Waals surface area (Å²) < 4.78 is 5.09. The minimum atomic E-state index is -0.591. The molecule has 4 rings (SSSR count). The normalized spacial score (nSPS) is 42.8. The molecule has 4 aliphatic carbocycles. The van der Waals surface area contributed by atoms with Crippen molar-refractivity contribution in [3.8, 4) is 0 Å². The number of Topliss-reactive ketones (excluding diaryl/α,β-unsaturated/α-hetero) is 1. The lowest BCUT2D eigenvalue weighted by Crippen LogP contribution is -2.54. The SMILES string of the molecule is COC(=O)C1CC2(C)C3=C(CCC2C(C)C1=O)C1(C)CCC(C(C)CCCC(C)C)C1(C)CC3. The Balaban J connectivity index is 1.65. The highest BCUT2D eigenvalue weighted by Crippen LogP contribution is 2.71. The van der Waals surface area contributed by atoms with Crippen LogP contribution >= 0.6 is 0 Å². The Morgan fingerprint density at radius 2 is 1.74 bits per heavy atom. The number of methoxy groups -OCH3 is 1. The molecule has 0 aromatic rings. The van der Waals surface area contributed by atoms with Crippen molar-refractivity contribution >= 4 is 11.8 Å². The topological polar surface area (TPSA) is 43.4 Å². The van der Waals surface area contributed by atoms with Crippen molar-refractivity contribution in [3.05, 3.63) is 11.1 Å². The Morgan fingerprint density at radius 1 is 1.03 bits per heavy atom. The molecular formula is C31H50O3. The van der Waals surface area contributed by atoms with Gasteiger partial charge >= 0.3 is 5.97 Å². The first kappa shape index (κ1) is 26.0. The highest BCUT2D eigenvalue weighted by molar-refractivity contribution is 6.01. The van der Waals surface area contributed by atoms with Crippen LogP contribution in [0.25, 0.3) is 0 Å². The molecule has 3 heteroatoms. The molecular weight excluding hydrogens is 420 g/mol. The molecule has 8 unspecified atom stereocenters. The summed E-state index contributed by atoms with van der Waals surface area (Å²) in [6.07, 6.45) is 12.0. The van der Waals surface area contributed by atoms with E-state index in [0.29, 0.717) is 17.8 Å². The number of rotatable bonds is 6. The van der Waals surface area contributed by atoms with Gasteiger partial charge in [-0.3, -0.25) is 9.59 Å². The van der Waals surface area contributed by atoms with Gasteiger partial charge < -0.3 is 4.74 Å². The van der Waals surface area contributed by atoms with E-state index in [1.807, 2.05) is 0 Å². The number of hydrogen-bond acceptors (Lipinski definition) is 3. The molecule has 0 saturated heterocycles. The second-order valence-electron chi connectivity index (χ2n) is 13.7. The number of fused-ring (bicyclic) bond motifs is 4. The molecule has 8 atom stereocenters. The van der Waals surface area contributed by atoms with E-state index in [1.165, 1.54) is 45.6 Å². The van der Waals surface area contributed by atoms with E-state index in [2.05, 4.69) is 48.5 Å². The zero-order valence-electron chi connectivity index (χ0n) is 23.3. The van der Waals surface area contributed by atoms with E-state index in [-0.39, 0.29) is 28.5 Å². The minimum absolute atomic E-state index is 0.0505. The maximum Gasteiger partial charge on any atom is 0.316 e.